The van der Waals surface area contributed by atoms with Gasteiger partial charge in [0.05, 0.1) is 4.92 Å². The van der Waals surface area contributed by atoms with Crippen molar-refractivity contribution in [3.8, 4) is 11.8 Å². The minimum atomic E-state index is -1.53. The first-order valence-corrected chi connectivity index (χ1v) is 3.62. The van der Waals surface area contributed by atoms with Crippen molar-refractivity contribution in [3.05, 3.63) is 33.4 Å². The van der Waals surface area contributed by atoms with Crippen LogP contribution in [-0.2, 0) is 0 Å². The van der Waals surface area contributed by atoms with Gasteiger partial charge in [-0.15, -0.1) is 0 Å². The molecule has 2 N–H and O–H groups in total. The van der Waals surface area contributed by atoms with Crippen LogP contribution in [0.25, 0.3) is 0 Å². The van der Waals surface area contributed by atoms with Gasteiger partial charge in [-0.3, -0.25) is 10.1 Å². The van der Waals surface area contributed by atoms with E-state index in [1.54, 1.807) is 0 Å². The SMILES string of the molecule is N#Cc1cc([N+](=O)[O-])cc(C(=O)O)c1O. The summed E-state index contributed by atoms with van der Waals surface area (Å²) < 4.78 is 0. The van der Waals surface area contributed by atoms with Gasteiger partial charge in [0.1, 0.15) is 22.9 Å². The molecule has 0 heterocycles. The number of hydrogen-bond acceptors (Lipinski definition) is 5. The van der Waals surface area contributed by atoms with Gasteiger partial charge in [0.2, 0.25) is 0 Å². The number of nitro groups is 1. The third-order valence-corrected chi connectivity index (χ3v) is 1.66. The van der Waals surface area contributed by atoms with E-state index in [1.807, 2.05) is 0 Å². The smallest absolute Gasteiger partial charge is 0.339 e. The van der Waals surface area contributed by atoms with Crippen LogP contribution >= 0.6 is 0 Å². The summed E-state index contributed by atoms with van der Waals surface area (Å²) in [6.45, 7) is 0. The third kappa shape index (κ3) is 1.83. The van der Waals surface area contributed by atoms with Crippen LogP contribution in [-0.4, -0.2) is 21.1 Å². The molecule has 0 unspecified atom stereocenters. The lowest BCUT2D eigenvalue weighted by Crippen LogP contribution is -2.00. The summed E-state index contributed by atoms with van der Waals surface area (Å²) in [7, 11) is 0. The molecule has 7 heteroatoms. The van der Waals surface area contributed by atoms with Gasteiger partial charge in [0, 0.05) is 12.1 Å². The fraction of sp³-hybridized carbons (Fsp3) is 0. The second kappa shape index (κ2) is 3.63. The van der Waals surface area contributed by atoms with Crippen LogP contribution in [0, 0.1) is 21.4 Å². The van der Waals surface area contributed by atoms with Gasteiger partial charge in [-0.05, 0) is 0 Å². The number of carboxylic acid groups (broad SMARTS) is 1. The van der Waals surface area contributed by atoms with Crippen molar-refractivity contribution in [1.82, 2.24) is 0 Å². The Labute approximate surface area is 83.0 Å². The lowest BCUT2D eigenvalue weighted by atomic mass is 10.1. The highest BCUT2D eigenvalue weighted by atomic mass is 16.6. The second-order valence-electron chi connectivity index (χ2n) is 2.56. The molecular weight excluding hydrogens is 204 g/mol. The van der Waals surface area contributed by atoms with Crippen molar-refractivity contribution in [1.29, 1.82) is 5.26 Å². The topological polar surface area (TPSA) is 124 Å². The van der Waals surface area contributed by atoms with E-state index < -0.39 is 33.5 Å². The van der Waals surface area contributed by atoms with Gasteiger partial charge in [-0.1, -0.05) is 0 Å². The molecule has 0 aromatic heterocycles. The van der Waals surface area contributed by atoms with Crippen LogP contribution in [0.5, 0.6) is 5.75 Å². The number of aromatic carboxylic acids is 1. The summed E-state index contributed by atoms with van der Waals surface area (Å²) in [4.78, 5) is 20.1. The summed E-state index contributed by atoms with van der Waals surface area (Å²) >= 11 is 0. The first-order chi connectivity index (χ1) is 6.97. The van der Waals surface area contributed by atoms with Gasteiger partial charge in [0.15, 0.2) is 0 Å². The van der Waals surface area contributed by atoms with E-state index in [2.05, 4.69) is 0 Å². The molecule has 76 valence electrons. The fourth-order valence-corrected chi connectivity index (χ4v) is 0.973. The molecule has 1 aromatic rings. The first-order valence-electron chi connectivity index (χ1n) is 3.62. The Morgan fingerprint density at radius 1 is 1.53 bits per heavy atom. The summed E-state index contributed by atoms with van der Waals surface area (Å²) in [6, 6.07) is 2.97. The Hall–Kier alpha value is -2.62. The average Bonchev–Trinajstić information content (AvgIpc) is 2.17. The Morgan fingerprint density at radius 2 is 2.13 bits per heavy atom. The maximum Gasteiger partial charge on any atom is 0.339 e. The number of rotatable bonds is 2. The van der Waals surface area contributed by atoms with Crippen molar-refractivity contribution in [2.75, 3.05) is 0 Å². The largest absolute Gasteiger partial charge is 0.506 e. The quantitative estimate of drug-likeness (QED) is 0.548. The normalized spacial score (nSPS) is 9.27. The standard InChI is InChI=1S/C8H4N2O5/c9-3-4-1-5(10(14)15)2-6(7(4)11)8(12)13/h1-2,11H,(H,12,13). The van der Waals surface area contributed by atoms with E-state index in [1.165, 1.54) is 6.07 Å². The van der Waals surface area contributed by atoms with E-state index in [0.717, 1.165) is 6.07 Å². The summed E-state index contributed by atoms with van der Waals surface area (Å²) in [6.07, 6.45) is 0. The highest BCUT2D eigenvalue weighted by molar-refractivity contribution is 5.92. The average molecular weight is 208 g/mol. The number of carbonyl (C=O) groups is 1. The maximum absolute atomic E-state index is 10.6. The van der Waals surface area contributed by atoms with Crippen LogP contribution in [0.15, 0.2) is 12.1 Å². The number of non-ortho nitro benzene ring substituents is 1. The molecular formula is C8H4N2O5. The fourth-order valence-electron chi connectivity index (χ4n) is 0.973. The Bertz CT molecular complexity index is 489. The van der Waals surface area contributed by atoms with Crippen molar-refractivity contribution in [2.45, 2.75) is 0 Å². The molecule has 7 nitrogen and oxygen atoms in total. The van der Waals surface area contributed by atoms with Gasteiger partial charge < -0.3 is 10.2 Å². The molecule has 0 radical (unpaired) electrons. The zero-order chi connectivity index (χ0) is 11.6. The van der Waals surface area contributed by atoms with E-state index in [-0.39, 0.29) is 0 Å². The van der Waals surface area contributed by atoms with E-state index in [0.29, 0.717) is 6.07 Å². The van der Waals surface area contributed by atoms with Crippen LogP contribution in [0.3, 0.4) is 0 Å². The molecule has 0 atom stereocenters. The molecule has 0 amide bonds. The summed E-state index contributed by atoms with van der Waals surface area (Å²) in [5, 5.41) is 36.7. The molecule has 0 fully saturated rings. The molecule has 15 heavy (non-hydrogen) atoms. The summed E-state index contributed by atoms with van der Waals surface area (Å²) in [5.74, 6) is -2.30. The van der Waals surface area contributed by atoms with Crippen LogP contribution in [0.1, 0.15) is 15.9 Å². The summed E-state index contributed by atoms with van der Waals surface area (Å²) in [5.41, 5.74) is -1.66. The predicted molar refractivity (Wildman–Crippen MR) is 46.4 cm³/mol. The molecule has 0 spiro atoms. The maximum atomic E-state index is 10.6. The van der Waals surface area contributed by atoms with Gasteiger partial charge in [-0.2, -0.15) is 5.26 Å². The zero-order valence-electron chi connectivity index (χ0n) is 7.17. The van der Waals surface area contributed by atoms with Crippen LogP contribution in [0.4, 0.5) is 5.69 Å². The number of phenols is 1. The first kappa shape index (κ1) is 10.5. The molecule has 1 aromatic carbocycles. The monoisotopic (exact) mass is 208 g/mol. The number of hydrogen-bond donors (Lipinski definition) is 2. The third-order valence-electron chi connectivity index (χ3n) is 1.66. The van der Waals surface area contributed by atoms with Crippen molar-refractivity contribution < 1.29 is 19.9 Å². The molecule has 0 aliphatic carbocycles. The zero-order valence-corrected chi connectivity index (χ0v) is 7.17. The number of nitriles is 1. The van der Waals surface area contributed by atoms with Crippen molar-refractivity contribution in [2.24, 2.45) is 0 Å². The van der Waals surface area contributed by atoms with Crippen molar-refractivity contribution >= 4 is 11.7 Å². The lowest BCUT2D eigenvalue weighted by molar-refractivity contribution is -0.384. The predicted octanol–water partition coefficient (Wildman–Crippen LogP) is 0.870. The van der Waals surface area contributed by atoms with Crippen LogP contribution in [0.2, 0.25) is 0 Å². The van der Waals surface area contributed by atoms with Gasteiger partial charge in [0.25, 0.3) is 5.69 Å². The molecule has 1 rings (SSSR count). The molecule has 0 aliphatic heterocycles. The molecule has 0 saturated heterocycles. The lowest BCUT2D eigenvalue weighted by Gasteiger charge is -2.00. The Kier molecular flexibility index (Phi) is 2.53. The van der Waals surface area contributed by atoms with E-state index in [4.69, 9.17) is 10.4 Å². The number of benzene rings is 1. The molecule has 0 bridgehead atoms. The van der Waals surface area contributed by atoms with E-state index >= 15 is 0 Å². The van der Waals surface area contributed by atoms with Crippen molar-refractivity contribution in [3.63, 3.8) is 0 Å². The molecule has 0 saturated carbocycles. The minimum Gasteiger partial charge on any atom is -0.506 e. The second-order valence-corrected chi connectivity index (χ2v) is 2.56. The number of nitro benzene ring substituents is 1. The highest BCUT2D eigenvalue weighted by Crippen LogP contribution is 2.27. The van der Waals surface area contributed by atoms with E-state index in [9.17, 15) is 20.0 Å². The Morgan fingerprint density at radius 3 is 2.53 bits per heavy atom. The number of carboxylic acids is 1. The minimum absolute atomic E-state index is 0.443. The van der Waals surface area contributed by atoms with Gasteiger partial charge >= 0.3 is 5.97 Å². The Balaban J connectivity index is 3.54. The highest BCUT2D eigenvalue weighted by Gasteiger charge is 2.20. The number of nitrogens with zero attached hydrogens (tertiary/aromatic N) is 2. The molecule has 0 aliphatic rings. The van der Waals surface area contributed by atoms with Crippen LogP contribution < -0.4 is 0 Å². The van der Waals surface area contributed by atoms with Gasteiger partial charge in [-0.25, -0.2) is 4.79 Å². The number of aromatic hydroxyl groups is 1.